The molecule has 4 heteroatoms. The zero-order valence-corrected chi connectivity index (χ0v) is 11.5. The highest BCUT2D eigenvalue weighted by Crippen LogP contribution is 2.28. The molecule has 1 aromatic carbocycles. The van der Waals surface area contributed by atoms with E-state index < -0.39 is 0 Å². The summed E-state index contributed by atoms with van der Waals surface area (Å²) in [6.45, 7) is 0.514. The van der Waals surface area contributed by atoms with Gasteiger partial charge in [-0.3, -0.25) is 4.79 Å². The van der Waals surface area contributed by atoms with Gasteiger partial charge in [-0.05, 0) is 43.2 Å². The van der Waals surface area contributed by atoms with E-state index in [1.807, 2.05) is 36.0 Å². The average Bonchev–Trinajstić information content (AvgIpc) is 2.86. The predicted molar refractivity (Wildman–Crippen MR) is 76.7 cm³/mol. The molecule has 3 nitrogen and oxygen atoms in total. The summed E-state index contributed by atoms with van der Waals surface area (Å²) in [7, 11) is 0. The minimum Gasteiger partial charge on any atom is -0.349 e. The predicted octanol–water partition coefficient (Wildman–Crippen LogP) is 2.16. The van der Waals surface area contributed by atoms with Crippen molar-refractivity contribution in [2.24, 2.45) is 5.73 Å². The van der Waals surface area contributed by atoms with Crippen molar-refractivity contribution in [3.63, 3.8) is 0 Å². The number of benzene rings is 1. The van der Waals surface area contributed by atoms with E-state index in [0.717, 1.165) is 24.0 Å². The minimum absolute atomic E-state index is 0.0327. The lowest BCUT2D eigenvalue weighted by Crippen LogP contribution is -2.33. The Morgan fingerprint density at radius 1 is 1.39 bits per heavy atom. The maximum atomic E-state index is 12.0. The van der Waals surface area contributed by atoms with Crippen molar-refractivity contribution in [1.29, 1.82) is 0 Å². The molecule has 2 atom stereocenters. The summed E-state index contributed by atoms with van der Waals surface area (Å²) in [5.74, 6) is 0.0327. The summed E-state index contributed by atoms with van der Waals surface area (Å²) in [6.07, 6.45) is 5.53. The van der Waals surface area contributed by atoms with Crippen LogP contribution in [0.25, 0.3) is 0 Å². The lowest BCUT2D eigenvalue weighted by atomic mass is 10.1. The van der Waals surface area contributed by atoms with Gasteiger partial charge in [0, 0.05) is 23.4 Å². The number of hydrogen-bond donors (Lipinski definition) is 2. The molecule has 1 aliphatic rings. The largest absolute Gasteiger partial charge is 0.349 e. The molecule has 0 saturated heterocycles. The zero-order chi connectivity index (χ0) is 13.0. The van der Waals surface area contributed by atoms with Crippen molar-refractivity contribution in [3.05, 3.63) is 35.4 Å². The fraction of sp³-hybridized carbons (Fsp3) is 0.500. The standard InChI is InChI=1S/C14H20N2OS/c1-18-13-7-6-12(8-13)16-14(17)11-4-2-10(9-15)3-5-11/h2-5,12-13H,6-9,15H2,1H3,(H,16,17). The van der Waals surface area contributed by atoms with E-state index >= 15 is 0 Å². The van der Waals surface area contributed by atoms with Crippen LogP contribution in [0.1, 0.15) is 35.2 Å². The summed E-state index contributed by atoms with van der Waals surface area (Å²) in [4.78, 5) is 12.0. The number of nitrogens with one attached hydrogen (secondary N) is 1. The highest BCUT2D eigenvalue weighted by Gasteiger charge is 2.25. The van der Waals surface area contributed by atoms with Crippen LogP contribution in [0.4, 0.5) is 0 Å². The quantitative estimate of drug-likeness (QED) is 0.876. The Kier molecular flexibility index (Phi) is 4.66. The number of carbonyl (C=O) groups is 1. The van der Waals surface area contributed by atoms with Crippen molar-refractivity contribution in [2.45, 2.75) is 37.1 Å². The normalized spacial score (nSPS) is 23.0. The molecule has 2 unspecified atom stereocenters. The molecule has 1 aromatic rings. The van der Waals surface area contributed by atoms with Crippen LogP contribution in [0.2, 0.25) is 0 Å². The second-order valence-electron chi connectivity index (χ2n) is 4.74. The maximum Gasteiger partial charge on any atom is 0.251 e. The van der Waals surface area contributed by atoms with E-state index in [1.54, 1.807) is 0 Å². The van der Waals surface area contributed by atoms with Crippen LogP contribution in [-0.2, 0) is 6.54 Å². The Morgan fingerprint density at radius 3 is 2.67 bits per heavy atom. The summed E-state index contributed by atoms with van der Waals surface area (Å²) >= 11 is 1.90. The minimum atomic E-state index is 0.0327. The van der Waals surface area contributed by atoms with Crippen molar-refractivity contribution in [3.8, 4) is 0 Å². The van der Waals surface area contributed by atoms with Gasteiger partial charge < -0.3 is 11.1 Å². The molecule has 0 aromatic heterocycles. The Balaban J connectivity index is 1.91. The van der Waals surface area contributed by atoms with Crippen LogP contribution >= 0.6 is 11.8 Å². The van der Waals surface area contributed by atoms with Crippen LogP contribution in [0, 0.1) is 0 Å². The summed E-state index contributed by atoms with van der Waals surface area (Å²) in [5, 5.41) is 3.82. The van der Waals surface area contributed by atoms with Gasteiger partial charge in [-0.2, -0.15) is 11.8 Å². The number of nitrogens with two attached hydrogens (primary N) is 1. The first-order valence-electron chi connectivity index (χ1n) is 6.35. The van der Waals surface area contributed by atoms with Gasteiger partial charge in [0.1, 0.15) is 0 Å². The van der Waals surface area contributed by atoms with Gasteiger partial charge in [0.15, 0.2) is 0 Å². The number of thioether (sulfide) groups is 1. The van der Waals surface area contributed by atoms with Crippen molar-refractivity contribution in [1.82, 2.24) is 5.32 Å². The van der Waals surface area contributed by atoms with Crippen LogP contribution < -0.4 is 11.1 Å². The first-order valence-corrected chi connectivity index (χ1v) is 7.64. The van der Waals surface area contributed by atoms with Gasteiger partial charge >= 0.3 is 0 Å². The molecule has 1 saturated carbocycles. The van der Waals surface area contributed by atoms with Crippen LogP contribution in [0.5, 0.6) is 0 Å². The molecule has 0 spiro atoms. The number of carbonyl (C=O) groups excluding carboxylic acids is 1. The first-order chi connectivity index (χ1) is 8.72. The molecule has 18 heavy (non-hydrogen) atoms. The average molecular weight is 264 g/mol. The molecule has 0 heterocycles. The molecule has 0 bridgehead atoms. The van der Waals surface area contributed by atoms with Gasteiger partial charge in [-0.1, -0.05) is 12.1 Å². The van der Waals surface area contributed by atoms with E-state index in [-0.39, 0.29) is 5.91 Å². The summed E-state index contributed by atoms with van der Waals surface area (Å²) in [5.41, 5.74) is 7.31. The van der Waals surface area contributed by atoms with E-state index in [0.29, 0.717) is 17.8 Å². The molecule has 0 radical (unpaired) electrons. The topological polar surface area (TPSA) is 55.1 Å². The Labute approximate surface area is 113 Å². The SMILES string of the molecule is CSC1CCC(NC(=O)c2ccc(CN)cc2)C1. The molecule has 1 amide bonds. The molecule has 98 valence electrons. The van der Waals surface area contributed by atoms with E-state index in [1.165, 1.54) is 6.42 Å². The fourth-order valence-electron chi connectivity index (χ4n) is 2.35. The van der Waals surface area contributed by atoms with Gasteiger partial charge in [-0.25, -0.2) is 0 Å². The lowest BCUT2D eigenvalue weighted by molar-refractivity contribution is 0.0938. The van der Waals surface area contributed by atoms with Crippen LogP contribution in [-0.4, -0.2) is 23.5 Å². The maximum absolute atomic E-state index is 12.0. The van der Waals surface area contributed by atoms with Crippen molar-refractivity contribution >= 4 is 17.7 Å². The number of hydrogen-bond acceptors (Lipinski definition) is 3. The van der Waals surface area contributed by atoms with E-state index in [2.05, 4.69) is 11.6 Å². The Morgan fingerprint density at radius 2 is 2.11 bits per heavy atom. The molecule has 0 aliphatic heterocycles. The third kappa shape index (κ3) is 3.27. The molecular formula is C14H20N2OS. The smallest absolute Gasteiger partial charge is 0.251 e. The first kappa shape index (κ1) is 13.4. The van der Waals surface area contributed by atoms with Crippen molar-refractivity contribution in [2.75, 3.05) is 6.26 Å². The van der Waals surface area contributed by atoms with Gasteiger partial charge in [-0.15, -0.1) is 0 Å². The highest BCUT2D eigenvalue weighted by atomic mass is 32.2. The van der Waals surface area contributed by atoms with Gasteiger partial charge in [0.2, 0.25) is 0 Å². The van der Waals surface area contributed by atoms with Crippen LogP contribution in [0.3, 0.4) is 0 Å². The Hall–Kier alpha value is -1.00. The van der Waals surface area contributed by atoms with Crippen LogP contribution in [0.15, 0.2) is 24.3 Å². The second-order valence-corrected chi connectivity index (χ2v) is 5.88. The summed E-state index contributed by atoms with van der Waals surface area (Å²) < 4.78 is 0. The third-order valence-electron chi connectivity index (χ3n) is 3.50. The second kappa shape index (κ2) is 6.25. The van der Waals surface area contributed by atoms with E-state index in [9.17, 15) is 4.79 Å². The third-order valence-corrected chi connectivity index (χ3v) is 4.60. The number of rotatable bonds is 4. The molecule has 2 rings (SSSR count). The zero-order valence-electron chi connectivity index (χ0n) is 10.7. The summed E-state index contributed by atoms with van der Waals surface area (Å²) in [6, 6.07) is 7.85. The Bertz CT molecular complexity index is 405. The molecule has 1 aliphatic carbocycles. The molecule has 3 N–H and O–H groups in total. The fourth-order valence-corrected chi connectivity index (χ4v) is 3.14. The van der Waals surface area contributed by atoms with E-state index in [4.69, 9.17) is 5.73 Å². The van der Waals surface area contributed by atoms with Gasteiger partial charge in [0.05, 0.1) is 0 Å². The lowest BCUT2D eigenvalue weighted by Gasteiger charge is -2.13. The van der Waals surface area contributed by atoms with Gasteiger partial charge in [0.25, 0.3) is 5.91 Å². The van der Waals surface area contributed by atoms with Crippen molar-refractivity contribution < 1.29 is 4.79 Å². The number of amides is 1. The molecule has 1 fully saturated rings. The molecular weight excluding hydrogens is 244 g/mol. The monoisotopic (exact) mass is 264 g/mol. The highest BCUT2D eigenvalue weighted by molar-refractivity contribution is 7.99.